The number of nitrogens with zero attached hydrogens (tertiary/aromatic N) is 2. The third-order valence-electron chi connectivity index (χ3n) is 4.85. The lowest BCUT2D eigenvalue weighted by molar-refractivity contribution is 0.0567. The molecule has 0 bridgehead atoms. The number of allylic oxidation sites excluding steroid dienone is 1. The average molecular weight is 353 g/mol. The van der Waals surface area contributed by atoms with Gasteiger partial charge in [-0.2, -0.15) is 11.3 Å². The van der Waals surface area contributed by atoms with Crippen LogP contribution in [-0.2, 0) is 0 Å². The fourth-order valence-electron chi connectivity index (χ4n) is 3.62. The Morgan fingerprint density at radius 3 is 2.76 bits per heavy atom. The Bertz CT molecular complexity index is 777. The van der Waals surface area contributed by atoms with Crippen molar-refractivity contribution in [1.82, 2.24) is 9.80 Å². The zero-order valence-corrected chi connectivity index (χ0v) is 15.5. The lowest BCUT2D eigenvalue weighted by Crippen LogP contribution is -2.56. The zero-order valence-electron chi connectivity index (χ0n) is 14.7. The maximum Gasteiger partial charge on any atom is 0.115 e. The molecule has 0 amide bonds. The summed E-state index contributed by atoms with van der Waals surface area (Å²) in [6, 6.07) is 10.1. The molecule has 2 heterocycles. The van der Waals surface area contributed by atoms with Crippen molar-refractivity contribution in [2.75, 3.05) is 13.1 Å². The van der Waals surface area contributed by atoms with Crippen LogP contribution < -0.4 is 0 Å². The van der Waals surface area contributed by atoms with Gasteiger partial charge in [-0.05, 0) is 53.9 Å². The lowest BCUT2D eigenvalue weighted by atomic mass is 9.95. The van der Waals surface area contributed by atoms with E-state index in [-0.39, 0.29) is 12.1 Å². The fourth-order valence-corrected chi connectivity index (χ4v) is 4.30. The van der Waals surface area contributed by atoms with Gasteiger partial charge in [-0.25, -0.2) is 0 Å². The van der Waals surface area contributed by atoms with Crippen molar-refractivity contribution in [3.05, 3.63) is 64.5 Å². The van der Waals surface area contributed by atoms with Gasteiger partial charge in [0, 0.05) is 24.8 Å². The highest BCUT2D eigenvalue weighted by molar-refractivity contribution is 7.08. The summed E-state index contributed by atoms with van der Waals surface area (Å²) in [6.07, 6.45) is 5.82. The Balaban J connectivity index is 1.99. The molecule has 0 saturated carbocycles. The van der Waals surface area contributed by atoms with E-state index < -0.39 is 0 Å². The third-order valence-corrected chi connectivity index (χ3v) is 5.55. The fraction of sp³-hybridized carbons (Fsp3) is 0.333. The molecule has 130 valence electrons. The number of phenolic OH excluding ortho intramolecular Hbond substituents is 1. The summed E-state index contributed by atoms with van der Waals surface area (Å²) in [5, 5.41) is 14.2. The van der Waals surface area contributed by atoms with Crippen LogP contribution >= 0.6 is 11.3 Å². The van der Waals surface area contributed by atoms with Crippen LogP contribution in [0.2, 0.25) is 0 Å². The predicted molar refractivity (Wildman–Crippen MR) is 105 cm³/mol. The number of terminal acetylenes is 1. The van der Waals surface area contributed by atoms with E-state index in [2.05, 4.69) is 52.1 Å². The van der Waals surface area contributed by atoms with E-state index in [4.69, 9.17) is 6.42 Å². The molecule has 0 aliphatic carbocycles. The number of benzene rings is 1. The average Bonchev–Trinajstić information content (AvgIpc) is 3.10. The van der Waals surface area contributed by atoms with Crippen molar-refractivity contribution in [2.24, 2.45) is 0 Å². The first-order valence-electron chi connectivity index (χ1n) is 8.46. The first kappa shape index (κ1) is 17.6. The molecule has 1 aliphatic heterocycles. The van der Waals surface area contributed by atoms with Gasteiger partial charge in [-0.15, -0.1) is 6.42 Å². The van der Waals surface area contributed by atoms with Gasteiger partial charge < -0.3 is 10.0 Å². The van der Waals surface area contributed by atoms with Crippen LogP contribution in [-0.4, -0.2) is 40.1 Å². The highest BCUT2D eigenvalue weighted by Gasteiger charge is 2.35. The Morgan fingerprint density at radius 1 is 1.36 bits per heavy atom. The molecule has 0 unspecified atom stereocenters. The van der Waals surface area contributed by atoms with Crippen LogP contribution in [0.5, 0.6) is 5.75 Å². The molecule has 1 aliphatic rings. The SMILES string of the molecule is C#C[C@@H]1CN([C@H](c2ccsc2)c2cccc(O)c2)[C@@H](C)CN1C(=C)C. The predicted octanol–water partition coefficient (Wildman–Crippen LogP) is 4.08. The molecule has 1 N–H and O–H groups in total. The van der Waals surface area contributed by atoms with Crippen LogP contribution in [0.25, 0.3) is 0 Å². The zero-order chi connectivity index (χ0) is 18.0. The highest BCUT2D eigenvalue weighted by atomic mass is 32.1. The topological polar surface area (TPSA) is 26.7 Å². The molecule has 25 heavy (non-hydrogen) atoms. The van der Waals surface area contributed by atoms with Gasteiger partial charge in [0.1, 0.15) is 11.8 Å². The van der Waals surface area contributed by atoms with Crippen molar-refractivity contribution in [3.63, 3.8) is 0 Å². The number of phenols is 1. The number of aromatic hydroxyl groups is 1. The van der Waals surface area contributed by atoms with E-state index >= 15 is 0 Å². The van der Waals surface area contributed by atoms with Crippen LogP contribution in [0, 0.1) is 12.3 Å². The number of piperazine rings is 1. The second-order valence-electron chi connectivity index (χ2n) is 6.67. The van der Waals surface area contributed by atoms with Gasteiger partial charge in [0.05, 0.1) is 6.04 Å². The summed E-state index contributed by atoms with van der Waals surface area (Å²) in [7, 11) is 0. The third kappa shape index (κ3) is 3.58. The van der Waals surface area contributed by atoms with Gasteiger partial charge in [0.15, 0.2) is 0 Å². The Hall–Kier alpha value is -2.22. The largest absolute Gasteiger partial charge is 0.508 e. The maximum absolute atomic E-state index is 9.97. The highest BCUT2D eigenvalue weighted by Crippen LogP contribution is 2.35. The summed E-state index contributed by atoms with van der Waals surface area (Å²) in [5.41, 5.74) is 3.34. The first-order valence-corrected chi connectivity index (χ1v) is 9.40. The molecule has 1 saturated heterocycles. The van der Waals surface area contributed by atoms with E-state index in [1.165, 1.54) is 5.56 Å². The summed E-state index contributed by atoms with van der Waals surface area (Å²) in [4.78, 5) is 4.66. The second-order valence-corrected chi connectivity index (χ2v) is 7.45. The molecule has 1 aromatic carbocycles. The van der Waals surface area contributed by atoms with Gasteiger partial charge >= 0.3 is 0 Å². The molecular weight excluding hydrogens is 328 g/mol. The van der Waals surface area contributed by atoms with E-state index in [0.29, 0.717) is 11.8 Å². The lowest BCUT2D eigenvalue weighted by Gasteiger charge is -2.48. The van der Waals surface area contributed by atoms with Crippen LogP contribution in [0.4, 0.5) is 0 Å². The summed E-state index contributed by atoms with van der Waals surface area (Å²) >= 11 is 1.69. The molecule has 1 fully saturated rings. The number of hydrogen-bond acceptors (Lipinski definition) is 4. The van der Waals surface area contributed by atoms with Gasteiger partial charge in [-0.1, -0.05) is 24.6 Å². The maximum atomic E-state index is 9.97. The molecule has 3 rings (SSSR count). The van der Waals surface area contributed by atoms with Crippen LogP contribution in [0.1, 0.15) is 31.0 Å². The van der Waals surface area contributed by atoms with Gasteiger partial charge in [0.25, 0.3) is 0 Å². The Kier molecular flexibility index (Phi) is 5.17. The van der Waals surface area contributed by atoms with Crippen LogP contribution in [0.15, 0.2) is 53.4 Å². The van der Waals surface area contributed by atoms with Gasteiger partial charge in [0.2, 0.25) is 0 Å². The number of thiophene rings is 1. The summed E-state index contributed by atoms with van der Waals surface area (Å²) in [6.45, 7) is 9.94. The standard InChI is InChI=1S/C21H24N2OS/c1-5-19-13-23(16(4)12-22(19)15(2)3)21(18-9-10-25-14-18)17-7-6-8-20(24)11-17/h1,6-11,14,16,19,21,24H,2,12-13H2,3-4H3/t16-,19+,21-/m0/s1. The smallest absolute Gasteiger partial charge is 0.115 e. The Morgan fingerprint density at radius 2 is 2.16 bits per heavy atom. The molecule has 3 nitrogen and oxygen atoms in total. The first-order chi connectivity index (χ1) is 12.0. The number of hydrogen-bond donors (Lipinski definition) is 1. The van der Waals surface area contributed by atoms with E-state index in [1.807, 2.05) is 19.1 Å². The quantitative estimate of drug-likeness (QED) is 0.840. The van der Waals surface area contributed by atoms with Crippen molar-refractivity contribution in [1.29, 1.82) is 0 Å². The van der Waals surface area contributed by atoms with Crippen LogP contribution in [0.3, 0.4) is 0 Å². The minimum absolute atomic E-state index is 0.00662. The molecule has 0 radical (unpaired) electrons. The molecular formula is C21H24N2OS. The summed E-state index contributed by atoms with van der Waals surface area (Å²) in [5.74, 6) is 3.22. The number of rotatable bonds is 4. The van der Waals surface area contributed by atoms with Crippen molar-refractivity contribution in [2.45, 2.75) is 32.0 Å². The monoisotopic (exact) mass is 352 g/mol. The molecule has 3 atom stereocenters. The van der Waals surface area contributed by atoms with E-state index in [9.17, 15) is 5.11 Å². The van der Waals surface area contributed by atoms with E-state index in [1.54, 1.807) is 17.4 Å². The normalized spacial score (nSPS) is 22.4. The summed E-state index contributed by atoms with van der Waals surface area (Å²) < 4.78 is 0. The van der Waals surface area contributed by atoms with Crippen molar-refractivity contribution in [3.8, 4) is 18.1 Å². The minimum Gasteiger partial charge on any atom is -0.508 e. The molecule has 2 aromatic rings. The van der Waals surface area contributed by atoms with Crippen molar-refractivity contribution >= 4 is 11.3 Å². The van der Waals surface area contributed by atoms with E-state index in [0.717, 1.165) is 24.4 Å². The van der Waals surface area contributed by atoms with Crippen molar-refractivity contribution < 1.29 is 5.11 Å². The molecule has 4 heteroatoms. The molecule has 0 spiro atoms. The minimum atomic E-state index is 0.00662. The van der Waals surface area contributed by atoms with Gasteiger partial charge in [-0.3, -0.25) is 4.90 Å². The molecule has 1 aromatic heterocycles. The Labute approximate surface area is 154 Å². The second kappa shape index (κ2) is 7.35.